The average molecular weight is 636 g/mol. The molecule has 0 atom stereocenters. The van der Waals surface area contributed by atoms with Crippen LogP contribution in [0.3, 0.4) is 0 Å². The fourth-order valence-electron chi connectivity index (χ4n) is 7.41. The lowest BCUT2D eigenvalue weighted by atomic mass is 9.92. The molecule has 230 valence electrons. The molecular formula is C45H25N5. The van der Waals surface area contributed by atoms with Gasteiger partial charge in [-0.15, -0.1) is 0 Å². The van der Waals surface area contributed by atoms with E-state index in [1.165, 1.54) is 0 Å². The quantitative estimate of drug-likeness (QED) is 0.193. The highest BCUT2D eigenvalue weighted by Crippen LogP contribution is 2.40. The molecule has 0 radical (unpaired) electrons. The van der Waals surface area contributed by atoms with Crippen LogP contribution in [0.5, 0.6) is 0 Å². The molecule has 9 aromatic rings. The Bertz CT molecular complexity index is 2910. The zero-order chi connectivity index (χ0) is 33.8. The number of rotatable bonds is 4. The largest absolute Gasteiger partial charge is 0.309 e. The third kappa shape index (κ3) is 4.38. The zero-order valence-corrected chi connectivity index (χ0v) is 26.7. The number of hydrogen-bond acceptors (Lipinski definition) is 3. The van der Waals surface area contributed by atoms with Gasteiger partial charge in [0.25, 0.3) is 0 Å². The SMILES string of the molecule is N#Cc1cc(-c2cc(-c3ccccc3)cc(-n3c4ccccc4c4cc(C#N)ccc43)c2C#N)cc(-n2c3ccccc3c3ccccc32)c1. The highest BCUT2D eigenvalue weighted by atomic mass is 15.0. The van der Waals surface area contributed by atoms with Crippen LogP contribution in [-0.4, -0.2) is 9.13 Å². The van der Waals surface area contributed by atoms with Gasteiger partial charge in [0.1, 0.15) is 6.07 Å². The molecular weight excluding hydrogens is 611 g/mol. The lowest BCUT2D eigenvalue weighted by molar-refractivity contribution is 1.16. The second-order valence-corrected chi connectivity index (χ2v) is 12.3. The molecule has 0 aliphatic heterocycles. The van der Waals surface area contributed by atoms with Crippen molar-refractivity contribution in [3.63, 3.8) is 0 Å². The molecule has 0 aliphatic rings. The summed E-state index contributed by atoms with van der Waals surface area (Å²) < 4.78 is 4.32. The second kappa shape index (κ2) is 11.4. The second-order valence-electron chi connectivity index (χ2n) is 12.3. The van der Waals surface area contributed by atoms with Gasteiger partial charge in [0.05, 0.1) is 56.6 Å². The fraction of sp³-hybridized carbons (Fsp3) is 0. The number of fused-ring (bicyclic) bond motifs is 6. The molecule has 0 N–H and O–H groups in total. The van der Waals surface area contributed by atoms with E-state index in [9.17, 15) is 15.8 Å². The first-order chi connectivity index (χ1) is 24.7. The van der Waals surface area contributed by atoms with E-state index in [0.717, 1.165) is 77.2 Å². The Hall–Kier alpha value is -7.39. The van der Waals surface area contributed by atoms with Gasteiger partial charge in [0.15, 0.2) is 0 Å². The molecule has 5 heteroatoms. The Morgan fingerprint density at radius 2 is 0.960 bits per heavy atom. The van der Waals surface area contributed by atoms with Crippen molar-refractivity contribution in [2.24, 2.45) is 0 Å². The molecule has 9 rings (SSSR count). The van der Waals surface area contributed by atoms with Crippen molar-refractivity contribution in [2.45, 2.75) is 0 Å². The molecule has 0 bridgehead atoms. The number of nitrogens with zero attached hydrogens (tertiary/aromatic N) is 5. The maximum atomic E-state index is 11.0. The third-order valence-electron chi connectivity index (χ3n) is 9.58. The first-order valence-corrected chi connectivity index (χ1v) is 16.3. The van der Waals surface area contributed by atoms with E-state index in [-0.39, 0.29) is 0 Å². The summed E-state index contributed by atoms with van der Waals surface area (Å²) in [7, 11) is 0. The highest BCUT2D eigenvalue weighted by molar-refractivity contribution is 6.11. The summed E-state index contributed by atoms with van der Waals surface area (Å²) in [5, 5.41) is 35.3. The molecule has 50 heavy (non-hydrogen) atoms. The van der Waals surface area contributed by atoms with Crippen molar-refractivity contribution < 1.29 is 0 Å². The van der Waals surface area contributed by atoms with Crippen LogP contribution in [-0.2, 0) is 0 Å². The van der Waals surface area contributed by atoms with Crippen LogP contribution in [0.2, 0.25) is 0 Å². The van der Waals surface area contributed by atoms with Gasteiger partial charge in [0.2, 0.25) is 0 Å². The number of aromatic nitrogens is 2. The van der Waals surface area contributed by atoms with E-state index in [1.807, 2.05) is 91.0 Å². The van der Waals surface area contributed by atoms with Gasteiger partial charge in [-0.05, 0) is 83.4 Å². The van der Waals surface area contributed by atoms with E-state index in [2.05, 4.69) is 88.0 Å². The van der Waals surface area contributed by atoms with Crippen LogP contribution < -0.4 is 0 Å². The normalized spacial score (nSPS) is 11.1. The van der Waals surface area contributed by atoms with E-state index in [1.54, 1.807) is 0 Å². The van der Waals surface area contributed by atoms with Crippen LogP contribution in [0.25, 0.3) is 77.2 Å². The maximum absolute atomic E-state index is 11.0. The lowest BCUT2D eigenvalue weighted by Gasteiger charge is -2.18. The summed E-state index contributed by atoms with van der Waals surface area (Å²) >= 11 is 0. The standard InChI is InChI=1S/C45H25N5/c46-26-29-18-19-44-39(22-29)37-14-6-9-17-43(37)50(44)45-25-32(31-10-2-1-3-11-31)24-38(40(45)28-48)33-20-30(27-47)21-34(23-33)49-41-15-7-4-12-35(41)36-13-5-8-16-42(36)49/h1-25H. The van der Waals surface area contributed by atoms with E-state index >= 15 is 0 Å². The first-order valence-electron chi connectivity index (χ1n) is 16.3. The highest BCUT2D eigenvalue weighted by Gasteiger charge is 2.21. The van der Waals surface area contributed by atoms with E-state index in [4.69, 9.17) is 0 Å². The van der Waals surface area contributed by atoms with E-state index in [0.29, 0.717) is 16.7 Å². The van der Waals surface area contributed by atoms with Crippen LogP contribution in [0.15, 0.2) is 152 Å². The Kier molecular flexibility index (Phi) is 6.56. The molecule has 7 aromatic carbocycles. The van der Waals surface area contributed by atoms with E-state index < -0.39 is 0 Å². The molecule has 2 aromatic heterocycles. The van der Waals surface area contributed by atoms with Crippen molar-refractivity contribution in [2.75, 3.05) is 0 Å². The number of benzene rings is 7. The molecule has 0 amide bonds. The number of hydrogen-bond donors (Lipinski definition) is 0. The van der Waals surface area contributed by atoms with Crippen molar-refractivity contribution >= 4 is 43.6 Å². The number of nitriles is 3. The molecule has 0 saturated carbocycles. The van der Waals surface area contributed by atoms with Crippen molar-refractivity contribution in [3.05, 3.63) is 168 Å². The van der Waals surface area contributed by atoms with Gasteiger partial charge in [-0.1, -0.05) is 84.9 Å². The van der Waals surface area contributed by atoms with Crippen molar-refractivity contribution in [1.82, 2.24) is 9.13 Å². The molecule has 0 unspecified atom stereocenters. The minimum absolute atomic E-state index is 0.486. The minimum atomic E-state index is 0.486. The van der Waals surface area contributed by atoms with Crippen LogP contribution >= 0.6 is 0 Å². The van der Waals surface area contributed by atoms with Crippen LogP contribution in [0.4, 0.5) is 0 Å². The van der Waals surface area contributed by atoms with Crippen LogP contribution in [0, 0.1) is 34.0 Å². The van der Waals surface area contributed by atoms with Gasteiger partial charge < -0.3 is 9.13 Å². The number of para-hydroxylation sites is 3. The Morgan fingerprint density at radius 3 is 1.60 bits per heavy atom. The summed E-state index contributed by atoms with van der Waals surface area (Å²) in [5.74, 6) is 0. The fourth-order valence-corrected chi connectivity index (χ4v) is 7.41. The summed E-state index contributed by atoms with van der Waals surface area (Å²) in [6.45, 7) is 0. The maximum Gasteiger partial charge on any atom is 0.102 e. The lowest BCUT2D eigenvalue weighted by Crippen LogP contribution is -2.02. The molecule has 5 nitrogen and oxygen atoms in total. The third-order valence-corrected chi connectivity index (χ3v) is 9.58. The predicted octanol–water partition coefficient (Wildman–Crippen LogP) is 10.8. The summed E-state index contributed by atoms with van der Waals surface area (Å²) in [6.07, 6.45) is 0. The summed E-state index contributed by atoms with van der Waals surface area (Å²) in [6, 6.07) is 57.7. The Labute approximate surface area is 287 Å². The van der Waals surface area contributed by atoms with Gasteiger partial charge >= 0.3 is 0 Å². The molecule has 0 spiro atoms. The first kappa shape index (κ1) is 28.8. The molecule has 2 heterocycles. The van der Waals surface area contributed by atoms with Gasteiger partial charge in [-0.25, -0.2) is 0 Å². The minimum Gasteiger partial charge on any atom is -0.309 e. The Morgan fingerprint density at radius 1 is 0.380 bits per heavy atom. The van der Waals surface area contributed by atoms with Gasteiger partial charge in [-0.3, -0.25) is 0 Å². The molecule has 0 saturated heterocycles. The summed E-state index contributed by atoms with van der Waals surface area (Å²) in [4.78, 5) is 0. The molecule has 0 fully saturated rings. The predicted molar refractivity (Wildman–Crippen MR) is 200 cm³/mol. The van der Waals surface area contributed by atoms with Gasteiger partial charge in [-0.2, -0.15) is 15.8 Å². The molecule has 0 aliphatic carbocycles. The van der Waals surface area contributed by atoms with Gasteiger partial charge in [0, 0.05) is 32.8 Å². The monoisotopic (exact) mass is 635 g/mol. The Balaban J connectivity index is 1.38. The summed E-state index contributed by atoms with van der Waals surface area (Å²) in [5.41, 5.74) is 10.5. The van der Waals surface area contributed by atoms with Crippen LogP contribution in [0.1, 0.15) is 16.7 Å². The topological polar surface area (TPSA) is 81.2 Å². The zero-order valence-electron chi connectivity index (χ0n) is 26.7. The smallest absolute Gasteiger partial charge is 0.102 e. The van der Waals surface area contributed by atoms with Crippen molar-refractivity contribution in [3.8, 4) is 51.8 Å². The van der Waals surface area contributed by atoms with Crippen molar-refractivity contribution in [1.29, 1.82) is 15.8 Å². The average Bonchev–Trinajstić information content (AvgIpc) is 3.70.